The zero-order chi connectivity index (χ0) is 20.5. The summed E-state index contributed by atoms with van der Waals surface area (Å²) < 4.78 is 22.6. The molecule has 0 radical (unpaired) electrons. The van der Waals surface area contributed by atoms with E-state index in [0.717, 1.165) is 11.3 Å². The van der Waals surface area contributed by atoms with Crippen LogP contribution in [0.3, 0.4) is 0 Å². The van der Waals surface area contributed by atoms with Gasteiger partial charge in [0.05, 0.1) is 20.3 Å². The van der Waals surface area contributed by atoms with Crippen molar-refractivity contribution < 1.29 is 28.5 Å². The van der Waals surface area contributed by atoms with Gasteiger partial charge in [-0.25, -0.2) is 4.79 Å². The first-order chi connectivity index (χ1) is 12.4. The molecule has 0 bridgehead atoms. The van der Waals surface area contributed by atoms with E-state index in [0.29, 0.717) is 0 Å². The molecule has 1 aliphatic heterocycles. The van der Waals surface area contributed by atoms with Gasteiger partial charge in [-0.3, -0.25) is 0 Å². The standard InChI is InChI=1S/C20H32O6Si/c1-19(2,3)27(6,7)25-13-16-17(20(4,22)18(21)26-16)24-12-14-8-10-15(23-5)11-9-14/h8-11,16-17,22H,12-13H2,1-7H3/t16-,17-,20+/m1/s1. The van der Waals surface area contributed by atoms with Crippen LogP contribution in [-0.4, -0.2) is 50.9 Å². The van der Waals surface area contributed by atoms with Crippen LogP contribution in [0.5, 0.6) is 5.75 Å². The second-order valence-corrected chi connectivity index (χ2v) is 13.6. The Kier molecular flexibility index (Phi) is 6.41. The lowest BCUT2D eigenvalue weighted by Gasteiger charge is -2.37. The van der Waals surface area contributed by atoms with E-state index >= 15 is 0 Å². The van der Waals surface area contributed by atoms with Crippen LogP contribution in [0.15, 0.2) is 24.3 Å². The summed E-state index contributed by atoms with van der Waals surface area (Å²) in [6.07, 6.45) is -1.43. The van der Waals surface area contributed by atoms with Gasteiger partial charge in [0.1, 0.15) is 11.9 Å². The average Bonchev–Trinajstić information content (AvgIpc) is 2.80. The molecule has 2 rings (SSSR count). The maximum absolute atomic E-state index is 12.1. The Morgan fingerprint density at radius 2 is 1.81 bits per heavy atom. The molecule has 1 N–H and O–H groups in total. The molecule has 27 heavy (non-hydrogen) atoms. The number of cyclic esters (lactones) is 1. The molecule has 1 heterocycles. The number of hydrogen-bond acceptors (Lipinski definition) is 6. The molecule has 7 heteroatoms. The van der Waals surface area contributed by atoms with Crippen LogP contribution >= 0.6 is 0 Å². The summed E-state index contributed by atoms with van der Waals surface area (Å²) in [5.74, 6) is 0.0804. The number of esters is 1. The molecule has 1 aromatic rings. The molecule has 0 unspecified atom stereocenters. The fraction of sp³-hybridized carbons (Fsp3) is 0.650. The van der Waals surface area contributed by atoms with Crippen LogP contribution in [0.2, 0.25) is 18.1 Å². The normalized spacial score (nSPS) is 26.1. The lowest BCUT2D eigenvalue weighted by atomic mass is 9.98. The molecule has 1 aromatic carbocycles. The predicted octanol–water partition coefficient (Wildman–Crippen LogP) is 3.28. The monoisotopic (exact) mass is 396 g/mol. The van der Waals surface area contributed by atoms with Gasteiger partial charge < -0.3 is 23.7 Å². The third-order valence-electron chi connectivity index (χ3n) is 5.57. The first kappa shape index (κ1) is 21.9. The Balaban J connectivity index is 2.06. The summed E-state index contributed by atoms with van der Waals surface area (Å²) in [7, 11) is -0.402. The number of hydrogen-bond donors (Lipinski definition) is 1. The second-order valence-electron chi connectivity index (χ2n) is 8.74. The summed E-state index contributed by atoms with van der Waals surface area (Å²) in [6.45, 7) is 12.6. The van der Waals surface area contributed by atoms with Gasteiger partial charge in [-0.05, 0) is 42.8 Å². The third kappa shape index (κ3) is 4.90. The zero-order valence-electron chi connectivity index (χ0n) is 17.4. The van der Waals surface area contributed by atoms with E-state index in [9.17, 15) is 9.90 Å². The first-order valence-electron chi connectivity index (χ1n) is 9.20. The largest absolute Gasteiger partial charge is 0.497 e. The smallest absolute Gasteiger partial charge is 0.341 e. The lowest BCUT2D eigenvalue weighted by molar-refractivity contribution is -0.156. The number of methoxy groups -OCH3 is 1. The van der Waals surface area contributed by atoms with Crippen molar-refractivity contribution in [2.75, 3.05) is 13.7 Å². The van der Waals surface area contributed by atoms with Crippen molar-refractivity contribution in [3.05, 3.63) is 29.8 Å². The molecule has 152 valence electrons. The molecule has 0 amide bonds. The number of aliphatic hydroxyl groups is 1. The van der Waals surface area contributed by atoms with Gasteiger partial charge in [-0.15, -0.1) is 0 Å². The summed E-state index contributed by atoms with van der Waals surface area (Å²) >= 11 is 0. The maximum Gasteiger partial charge on any atom is 0.341 e. The fourth-order valence-electron chi connectivity index (χ4n) is 2.60. The molecule has 1 fully saturated rings. The van der Waals surface area contributed by atoms with E-state index in [1.165, 1.54) is 6.92 Å². The third-order valence-corrected chi connectivity index (χ3v) is 10.1. The van der Waals surface area contributed by atoms with Crippen molar-refractivity contribution in [2.24, 2.45) is 0 Å². The highest BCUT2D eigenvalue weighted by molar-refractivity contribution is 6.74. The van der Waals surface area contributed by atoms with Crippen molar-refractivity contribution >= 4 is 14.3 Å². The predicted molar refractivity (Wildman–Crippen MR) is 105 cm³/mol. The van der Waals surface area contributed by atoms with E-state index in [1.54, 1.807) is 7.11 Å². The van der Waals surface area contributed by atoms with Gasteiger partial charge in [-0.1, -0.05) is 32.9 Å². The van der Waals surface area contributed by atoms with Gasteiger partial charge in [0.25, 0.3) is 0 Å². The van der Waals surface area contributed by atoms with Crippen LogP contribution in [-0.2, 0) is 25.3 Å². The number of ether oxygens (including phenoxy) is 3. The topological polar surface area (TPSA) is 74.2 Å². The summed E-state index contributed by atoms with van der Waals surface area (Å²) in [4.78, 5) is 12.1. The Morgan fingerprint density at radius 3 is 2.33 bits per heavy atom. The molecule has 1 aliphatic rings. The zero-order valence-corrected chi connectivity index (χ0v) is 18.4. The summed E-state index contributed by atoms with van der Waals surface area (Å²) in [5, 5.41) is 10.6. The van der Waals surface area contributed by atoms with Crippen LogP contribution in [0.1, 0.15) is 33.3 Å². The molecular weight excluding hydrogens is 364 g/mol. The Morgan fingerprint density at radius 1 is 1.22 bits per heavy atom. The van der Waals surface area contributed by atoms with E-state index in [2.05, 4.69) is 33.9 Å². The van der Waals surface area contributed by atoms with Crippen LogP contribution in [0.4, 0.5) is 0 Å². The minimum Gasteiger partial charge on any atom is -0.497 e. The lowest BCUT2D eigenvalue weighted by Crippen LogP contribution is -2.48. The van der Waals surface area contributed by atoms with Gasteiger partial charge in [-0.2, -0.15) is 0 Å². The quantitative estimate of drug-likeness (QED) is 0.563. The first-order valence-corrected chi connectivity index (χ1v) is 12.1. The number of carbonyl (C=O) groups excluding carboxylic acids is 1. The number of benzene rings is 1. The van der Waals surface area contributed by atoms with Gasteiger partial charge in [0.15, 0.2) is 20.0 Å². The van der Waals surface area contributed by atoms with Gasteiger partial charge in [0, 0.05) is 0 Å². The molecule has 0 aliphatic carbocycles. The number of rotatable bonds is 7. The molecule has 0 spiro atoms. The minimum atomic E-state index is -2.01. The summed E-state index contributed by atoms with van der Waals surface area (Å²) in [5.41, 5.74) is -0.788. The van der Waals surface area contributed by atoms with E-state index < -0.39 is 32.1 Å². The highest BCUT2D eigenvalue weighted by Crippen LogP contribution is 2.38. The van der Waals surface area contributed by atoms with Crippen LogP contribution in [0.25, 0.3) is 0 Å². The van der Waals surface area contributed by atoms with E-state index in [1.807, 2.05) is 24.3 Å². The van der Waals surface area contributed by atoms with Crippen molar-refractivity contribution in [1.29, 1.82) is 0 Å². The molecule has 0 aromatic heterocycles. The molecule has 3 atom stereocenters. The van der Waals surface area contributed by atoms with E-state index in [4.69, 9.17) is 18.6 Å². The molecular formula is C20H32O6Si. The van der Waals surface area contributed by atoms with Crippen molar-refractivity contribution in [2.45, 2.75) is 70.2 Å². The fourth-order valence-corrected chi connectivity index (χ4v) is 3.62. The van der Waals surface area contributed by atoms with Crippen molar-refractivity contribution in [3.63, 3.8) is 0 Å². The maximum atomic E-state index is 12.1. The minimum absolute atomic E-state index is 0.0393. The highest BCUT2D eigenvalue weighted by Gasteiger charge is 2.55. The van der Waals surface area contributed by atoms with Crippen LogP contribution in [0, 0.1) is 0 Å². The van der Waals surface area contributed by atoms with Crippen LogP contribution < -0.4 is 4.74 Å². The highest BCUT2D eigenvalue weighted by atomic mass is 28.4. The Hall–Kier alpha value is -1.41. The molecule has 6 nitrogen and oxygen atoms in total. The molecule has 0 saturated carbocycles. The summed E-state index contributed by atoms with van der Waals surface area (Å²) in [6, 6.07) is 7.44. The second kappa shape index (κ2) is 7.91. The SMILES string of the molecule is COc1ccc(CO[C@@H]2[C@@H](CO[Si](C)(C)C(C)(C)C)OC(=O)[C@@]2(C)O)cc1. The molecule has 1 saturated heterocycles. The van der Waals surface area contributed by atoms with Crippen molar-refractivity contribution in [1.82, 2.24) is 0 Å². The van der Waals surface area contributed by atoms with Gasteiger partial charge in [0.2, 0.25) is 0 Å². The Labute approximate surface area is 162 Å². The van der Waals surface area contributed by atoms with Crippen molar-refractivity contribution in [3.8, 4) is 5.75 Å². The number of carbonyl (C=O) groups is 1. The van der Waals surface area contributed by atoms with Gasteiger partial charge >= 0.3 is 5.97 Å². The average molecular weight is 397 g/mol. The Bertz CT molecular complexity index is 647. The van der Waals surface area contributed by atoms with E-state index in [-0.39, 0.29) is 18.3 Å².